The van der Waals surface area contributed by atoms with Crippen LogP contribution >= 0.6 is 0 Å². The van der Waals surface area contributed by atoms with Crippen LogP contribution in [0.1, 0.15) is 5.56 Å². The molecule has 4 nitrogen and oxygen atoms in total. The molecule has 3 aromatic rings. The third kappa shape index (κ3) is 2.60. The summed E-state index contributed by atoms with van der Waals surface area (Å²) >= 11 is 0. The molecule has 0 radical (unpaired) electrons. The Morgan fingerprint density at radius 2 is 1.95 bits per heavy atom. The smallest absolute Gasteiger partial charge is 0.307 e. The molecule has 1 aromatic heterocycles. The number of hydrogen-bond acceptors (Lipinski definition) is 3. The predicted octanol–water partition coefficient (Wildman–Crippen LogP) is 3.74. The van der Waals surface area contributed by atoms with E-state index < -0.39 is 5.97 Å². The monoisotopic (exact) mass is 282 g/mol. The molecule has 0 fully saturated rings. The maximum atomic E-state index is 10.7. The quantitative estimate of drug-likeness (QED) is 0.792. The molecular formula is C17H14O4. The molecule has 0 aliphatic heterocycles. The van der Waals surface area contributed by atoms with Crippen LogP contribution in [0.2, 0.25) is 0 Å². The van der Waals surface area contributed by atoms with Gasteiger partial charge in [-0.25, -0.2) is 0 Å². The molecule has 0 spiro atoms. The molecule has 0 bridgehead atoms. The molecule has 1 heterocycles. The number of methoxy groups -OCH3 is 1. The highest BCUT2D eigenvalue weighted by Crippen LogP contribution is 2.32. The van der Waals surface area contributed by atoms with Crippen LogP contribution in [0.5, 0.6) is 5.75 Å². The largest absolute Gasteiger partial charge is 0.497 e. The molecule has 0 aliphatic rings. The number of benzene rings is 2. The average Bonchev–Trinajstić information content (AvgIpc) is 2.90. The second-order valence-corrected chi connectivity index (χ2v) is 4.78. The van der Waals surface area contributed by atoms with E-state index in [1.54, 1.807) is 19.4 Å². The average molecular weight is 282 g/mol. The first-order valence-corrected chi connectivity index (χ1v) is 6.54. The Hall–Kier alpha value is -2.75. The number of hydrogen-bond donors (Lipinski definition) is 1. The van der Waals surface area contributed by atoms with Crippen molar-refractivity contribution in [2.45, 2.75) is 6.42 Å². The molecule has 0 unspecified atom stereocenters. The van der Waals surface area contributed by atoms with Gasteiger partial charge in [-0.15, -0.1) is 0 Å². The highest BCUT2D eigenvalue weighted by molar-refractivity contribution is 5.94. The van der Waals surface area contributed by atoms with Crippen molar-refractivity contribution in [3.05, 3.63) is 54.3 Å². The molecule has 0 aliphatic carbocycles. The maximum Gasteiger partial charge on any atom is 0.307 e. The van der Waals surface area contributed by atoms with Crippen LogP contribution in [0.25, 0.3) is 22.1 Å². The van der Waals surface area contributed by atoms with Crippen molar-refractivity contribution in [2.75, 3.05) is 7.11 Å². The number of carboxylic acids is 1. The molecular weight excluding hydrogens is 268 g/mol. The summed E-state index contributed by atoms with van der Waals surface area (Å²) in [6.07, 6.45) is 1.69. The van der Waals surface area contributed by atoms with Crippen LogP contribution in [0.4, 0.5) is 0 Å². The predicted molar refractivity (Wildman–Crippen MR) is 79.5 cm³/mol. The molecule has 1 N–H and O–H groups in total. The standard InChI is InChI=1S/C17H14O4/c1-20-13-5-3-12(4-6-13)15-10-21-16-8-11(9-17(18)19)2-7-14(15)16/h2-8,10H,9H2,1H3,(H,18,19). The summed E-state index contributed by atoms with van der Waals surface area (Å²) in [6.45, 7) is 0. The van der Waals surface area contributed by atoms with Gasteiger partial charge in [-0.3, -0.25) is 4.79 Å². The van der Waals surface area contributed by atoms with Gasteiger partial charge in [0.25, 0.3) is 0 Å². The van der Waals surface area contributed by atoms with Crippen LogP contribution in [0.15, 0.2) is 53.1 Å². The Bertz CT molecular complexity index is 784. The minimum atomic E-state index is -0.851. The van der Waals surface area contributed by atoms with E-state index in [-0.39, 0.29) is 6.42 Å². The minimum absolute atomic E-state index is 0.00545. The van der Waals surface area contributed by atoms with Crippen LogP contribution in [0, 0.1) is 0 Å². The molecule has 3 rings (SSSR count). The summed E-state index contributed by atoms with van der Waals surface area (Å²) < 4.78 is 10.7. The van der Waals surface area contributed by atoms with Crippen LogP contribution in [-0.4, -0.2) is 18.2 Å². The third-order valence-electron chi connectivity index (χ3n) is 3.40. The number of carboxylic acid groups (broad SMARTS) is 1. The summed E-state index contributed by atoms with van der Waals surface area (Å²) in [7, 11) is 1.63. The van der Waals surface area contributed by atoms with E-state index in [2.05, 4.69) is 0 Å². The topological polar surface area (TPSA) is 59.7 Å². The number of carbonyl (C=O) groups is 1. The highest BCUT2D eigenvalue weighted by atomic mass is 16.5. The SMILES string of the molecule is COc1ccc(-c2coc3cc(CC(=O)O)ccc23)cc1. The Kier molecular flexibility index (Phi) is 3.36. The molecule has 106 valence electrons. The van der Waals surface area contributed by atoms with Crippen molar-refractivity contribution < 1.29 is 19.1 Å². The number of fused-ring (bicyclic) bond motifs is 1. The summed E-state index contributed by atoms with van der Waals surface area (Å²) in [5, 5.41) is 9.80. The Morgan fingerprint density at radius 1 is 1.19 bits per heavy atom. The van der Waals surface area contributed by atoms with Crippen molar-refractivity contribution in [1.29, 1.82) is 0 Å². The first-order valence-electron chi connectivity index (χ1n) is 6.54. The highest BCUT2D eigenvalue weighted by Gasteiger charge is 2.10. The van der Waals surface area contributed by atoms with Crippen LogP contribution in [0.3, 0.4) is 0 Å². The zero-order valence-corrected chi connectivity index (χ0v) is 11.5. The lowest BCUT2D eigenvalue weighted by Gasteiger charge is -2.02. The van der Waals surface area contributed by atoms with Gasteiger partial charge < -0.3 is 14.3 Å². The fraction of sp³-hybridized carbons (Fsp3) is 0.118. The molecule has 4 heteroatoms. The van der Waals surface area contributed by atoms with Crippen LogP contribution in [-0.2, 0) is 11.2 Å². The fourth-order valence-electron chi connectivity index (χ4n) is 2.35. The third-order valence-corrected chi connectivity index (χ3v) is 3.40. The first kappa shape index (κ1) is 13.2. The Labute approximate surface area is 121 Å². The second kappa shape index (κ2) is 5.32. The van der Waals surface area contributed by atoms with E-state index in [0.29, 0.717) is 5.58 Å². The van der Waals surface area contributed by atoms with Crippen molar-refractivity contribution >= 4 is 16.9 Å². The Balaban J connectivity index is 2.01. The first-order chi connectivity index (χ1) is 10.2. The van der Waals surface area contributed by atoms with Gasteiger partial charge in [-0.2, -0.15) is 0 Å². The lowest BCUT2D eigenvalue weighted by Crippen LogP contribution is -1.99. The van der Waals surface area contributed by atoms with E-state index in [0.717, 1.165) is 27.8 Å². The van der Waals surface area contributed by atoms with E-state index in [1.165, 1.54) is 0 Å². The zero-order valence-electron chi connectivity index (χ0n) is 11.5. The molecule has 0 amide bonds. The van der Waals surface area contributed by atoms with Gasteiger partial charge >= 0.3 is 5.97 Å². The molecule has 0 saturated heterocycles. The molecule has 0 saturated carbocycles. The molecule has 2 aromatic carbocycles. The summed E-state index contributed by atoms with van der Waals surface area (Å²) in [5.41, 5.74) is 3.43. The van der Waals surface area contributed by atoms with Gasteiger partial charge in [0.2, 0.25) is 0 Å². The van der Waals surface area contributed by atoms with Gasteiger partial charge in [0.1, 0.15) is 11.3 Å². The molecule has 0 atom stereocenters. The lowest BCUT2D eigenvalue weighted by atomic mass is 10.0. The summed E-state index contributed by atoms with van der Waals surface area (Å²) in [5.74, 6) is -0.0495. The Morgan fingerprint density at radius 3 is 2.62 bits per heavy atom. The van der Waals surface area contributed by atoms with Gasteiger partial charge in [0, 0.05) is 10.9 Å². The number of rotatable bonds is 4. The normalized spacial score (nSPS) is 10.7. The van der Waals surface area contributed by atoms with Gasteiger partial charge in [-0.1, -0.05) is 24.3 Å². The summed E-state index contributed by atoms with van der Waals surface area (Å²) in [6, 6.07) is 13.2. The van der Waals surface area contributed by atoms with Gasteiger partial charge in [0.15, 0.2) is 0 Å². The maximum absolute atomic E-state index is 10.7. The van der Waals surface area contributed by atoms with E-state index in [1.807, 2.05) is 36.4 Å². The fourth-order valence-corrected chi connectivity index (χ4v) is 2.35. The number of ether oxygens (including phenoxy) is 1. The van der Waals surface area contributed by atoms with Gasteiger partial charge in [-0.05, 0) is 29.3 Å². The van der Waals surface area contributed by atoms with Crippen molar-refractivity contribution in [2.24, 2.45) is 0 Å². The van der Waals surface area contributed by atoms with Gasteiger partial charge in [0.05, 0.1) is 19.8 Å². The number of furan rings is 1. The van der Waals surface area contributed by atoms with Crippen molar-refractivity contribution in [3.8, 4) is 16.9 Å². The van der Waals surface area contributed by atoms with Crippen molar-refractivity contribution in [1.82, 2.24) is 0 Å². The number of aliphatic carboxylic acids is 1. The second-order valence-electron chi connectivity index (χ2n) is 4.78. The van der Waals surface area contributed by atoms with E-state index in [9.17, 15) is 4.79 Å². The van der Waals surface area contributed by atoms with E-state index in [4.69, 9.17) is 14.3 Å². The zero-order chi connectivity index (χ0) is 14.8. The minimum Gasteiger partial charge on any atom is -0.497 e. The molecule has 21 heavy (non-hydrogen) atoms. The van der Waals surface area contributed by atoms with Crippen LogP contribution < -0.4 is 4.74 Å². The van der Waals surface area contributed by atoms with E-state index >= 15 is 0 Å². The van der Waals surface area contributed by atoms with Crippen molar-refractivity contribution in [3.63, 3.8) is 0 Å². The summed E-state index contributed by atoms with van der Waals surface area (Å²) in [4.78, 5) is 10.7. The lowest BCUT2D eigenvalue weighted by molar-refractivity contribution is -0.136.